The Kier molecular flexibility index (Phi) is 3.68. The molecule has 0 N–H and O–H groups in total. The first-order valence-corrected chi connectivity index (χ1v) is 7.58. The van der Waals surface area contributed by atoms with Crippen LogP contribution in [0, 0.1) is 20.8 Å². The van der Waals surface area contributed by atoms with Crippen molar-refractivity contribution in [3.8, 4) is 0 Å². The van der Waals surface area contributed by atoms with Crippen molar-refractivity contribution in [2.75, 3.05) is 6.54 Å². The van der Waals surface area contributed by atoms with E-state index < -0.39 is 0 Å². The molecule has 1 saturated heterocycles. The first-order chi connectivity index (χ1) is 10.5. The molecular weight excluding hydrogens is 278 g/mol. The fourth-order valence-electron chi connectivity index (χ4n) is 3.23. The van der Waals surface area contributed by atoms with Gasteiger partial charge >= 0.3 is 0 Å². The summed E-state index contributed by atoms with van der Waals surface area (Å²) in [7, 11) is 1.94. The molecule has 116 valence electrons. The SMILES string of the molecule is Cc1cnc(C(=O)N2CCCC2c2c(C)nn(C)c2C)cn1. The van der Waals surface area contributed by atoms with E-state index in [2.05, 4.69) is 22.0 Å². The Morgan fingerprint density at radius 3 is 2.59 bits per heavy atom. The Bertz CT molecular complexity index is 704. The first kappa shape index (κ1) is 14.7. The van der Waals surface area contributed by atoms with Gasteiger partial charge in [-0.2, -0.15) is 5.10 Å². The monoisotopic (exact) mass is 299 g/mol. The van der Waals surface area contributed by atoms with E-state index in [0.29, 0.717) is 5.69 Å². The fourth-order valence-corrected chi connectivity index (χ4v) is 3.23. The summed E-state index contributed by atoms with van der Waals surface area (Å²) in [5, 5.41) is 4.48. The van der Waals surface area contributed by atoms with Gasteiger partial charge in [-0.15, -0.1) is 0 Å². The van der Waals surface area contributed by atoms with E-state index in [1.54, 1.807) is 12.4 Å². The van der Waals surface area contributed by atoms with E-state index in [9.17, 15) is 4.79 Å². The molecule has 1 unspecified atom stereocenters. The van der Waals surface area contributed by atoms with Crippen LogP contribution in [0.25, 0.3) is 0 Å². The van der Waals surface area contributed by atoms with Crippen LogP contribution >= 0.6 is 0 Å². The Morgan fingerprint density at radius 2 is 2.00 bits per heavy atom. The van der Waals surface area contributed by atoms with Crippen LogP contribution in [0.3, 0.4) is 0 Å². The molecule has 0 saturated carbocycles. The number of carbonyl (C=O) groups is 1. The molecule has 1 aliphatic heterocycles. The van der Waals surface area contributed by atoms with Gasteiger partial charge in [-0.05, 0) is 33.6 Å². The van der Waals surface area contributed by atoms with Crippen molar-refractivity contribution in [1.29, 1.82) is 0 Å². The molecule has 2 aromatic heterocycles. The standard InChI is InChI=1S/C16H21N5O/c1-10-8-18-13(9-17-10)16(22)21-7-5-6-14(21)15-11(2)19-20(4)12(15)3/h8-9,14H,5-7H2,1-4H3. The molecule has 3 heterocycles. The molecule has 0 radical (unpaired) electrons. The Balaban J connectivity index is 1.93. The van der Waals surface area contributed by atoms with Crippen LogP contribution in [-0.2, 0) is 7.05 Å². The largest absolute Gasteiger partial charge is 0.330 e. The Morgan fingerprint density at radius 1 is 1.23 bits per heavy atom. The molecule has 6 nitrogen and oxygen atoms in total. The number of hydrogen-bond donors (Lipinski definition) is 0. The van der Waals surface area contributed by atoms with Gasteiger partial charge in [-0.3, -0.25) is 14.5 Å². The number of aryl methyl sites for hydroxylation is 3. The third kappa shape index (κ3) is 2.38. The minimum atomic E-state index is -0.0438. The molecular formula is C16H21N5O. The van der Waals surface area contributed by atoms with Crippen LogP contribution < -0.4 is 0 Å². The lowest BCUT2D eigenvalue weighted by Gasteiger charge is -2.25. The van der Waals surface area contributed by atoms with E-state index in [0.717, 1.165) is 36.5 Å². The summed E-state index contributed by atoms with van der Waals surface area (Å²) < 4.78 is 1.89. The molecule has 22 heavy (non-hydrogen) atoms. The number of nitrogens with zero attached hydrogens (tertiary/aromatic N) is 5. The van der Waals surface area contributed by atoms with Gasteiger partial charge in [0, 0.05) is 31.0 Å². The predicted molar refractivity (Wildman–Crippen MR) is 82.5 cm³/mol. The highest BCUT2D eigenvalue weighted by atomic mass is 16.2. The average Bonchev–Trinajstić information content (AvgIpc) is 3.04. The zero-order valence-electron chi connectivity index (χ0n) is 13.5. The molecule has 0 bridgehead atoms. The van der Waals surface area contributed by atoms with Gasteiger partial charge < -0.3 is 4.90 Å². The van der Waals surface area contributed by atoms with Gasteiger partial charge in [0.1, 0.15) is 5.69 Å². The van der Waals surface area contributed by atoms with E-state index >= 15 is 0 Å². The van der Waals surface area contributed by atoms with Gasteiger partial charge in [0.25, 0.3) is 5.91 Å². The maximum atomic E-state index is 12.8. The van der Waals surface area contributed by atoms with Crippen molar-refractivity contribution in [3.05, 3.63) is 40.7 Å². The normalized spacial score (nSPS) is 18.0. The lowest BCUT2D eigenvalue weighted by molar-refractivity contribution is 0.0728. The second-order valence-electron chi connectivity index (χ2n) is 5.91. The molecule has 2 aromatic rings. The smallest absolute Gasteiger partial charge is 0.274 e. The summed E-state index contributed by atoms with van der Waals surface area (Å²) >= 11 is 0. The molecule has 3 rings (SSSR count). The number of aromatic nitrogens is 4. The summed E-state index contributed by atoms with van der Waals surface area (Å²) in [5.41, 5.74) is 4.52. The minimum absolute atomic E-state index is 0.0438. The van der Waals surface area contributed by atoms with Crippen LogP contribution in [-0.4, -0.2) is 37.1 Å². The zero-order valence-corrected chi connectivity index (χ0v) is 13.5. The molecule has 0 aromatic carbocycles. The number of hydrogen-bond acceptors (Lipinski definition) is 4. The number of rotatable bonds is 2. The van der Waals surface area contributed by atoms with Crippen molar-refractivity contribution in [2.24, 2.45) is 7.05 Å². The number of carbonyl (C=O) groups excluding carboxylic acids is 1. The van der Waals surface area contributed by atoms with Gasteiger partial charge in [-0.25, -0.2) is 4.98 Å². The molecule has 0 spiro atoms. The fraction of sp³-hybridized carbons (Fsp3) is 0.500. The first-order valence-electron chi connectivity index (χ1n) is 7.58. The predicted octanol–water partition coefficient (Wildman–Crippen LogP) is 2.11. The van der Waals surface area contributed by atoms with Crippen molar-refractivity contribution >= 4 is 5.91 Å². The lowest BCUT2D eigenvalue weighted by Crippen LogP contribution is -2.31. The summed E-state index contributed by atoms with van der Waals surface area (Å²) in [6.45, 7) is 6.69. The maximum absolute atomic E-state index is 12.8. The van der Waals surface area contributed by atoms with E-state index in [4.69, 9.17) is 0 Å². The minimum Gasteiger partial charge on any atom is -0.330 e. The Labute approximate surface area is 130 Å². The van der Waals surface area contributed by atoms with Gasteiger partial charge in [-0.1, -0.05) is 0 Å². The summed E-state index contributed by atoms with van der Waals surface area (Å²) in [5.74, 6) is -0.0438. The number of likely N-dealkylation sites (tertiary alicyclic amines) is 1. The quantitative estimate of drug-likeness (QED) is 0.852. The third-order valence-corrected chi connectivity index (χ3v) is 4.41. The van der Waals surface area contributed by atoms with Crippen LogP contribution in [0.1, 0.15) is 52.0 Å². The van der Waals surface area contributed by atoms with Crippen molar-refractivity contribution in [2.45, 2.75) is 39.7 Å². The van der Waals surface area contributed by atoms with E-state index in [-0.39, 0.29) is 11.9 Å². The Hall–Kier alpha value is -2.24. The molecule has 1 amide bonds. The summed E-state index contributed by atoms with van der Waals surface area (Å²) in [6, 6.07) is 0.0873. The molecule has 6 heteroatoms. The van der Waals surface area contributed by atoms with Crippen LogP contribution in [0.4, 0.5) is 0 Å². The van der Waals surface area contributed by atoms with Crippen molar-refractivity contribution in [3.63, 3.8) is 0 Å². The highest BCUT2D eigenvalue weighted by Gasteiger charge is 2.34. The third-order valence-electron chi connectivity index (χ3n) is 4.41. The van der Waals surface area contributed by atoms with Gasteiger partial charge in [0.05, 0.1) is 23.6 Å². The van der Waals surface area contributed by atoms with Crippen LogP contribution in [0.15, 0.2) is 12.4 Å². The molecule has 1 atom stereocenters. The average molecular weight is 299 g/mol. The van der Waals surface area contributed by atoms with Gasteiger partial charge in [0.15, 0.2) is 0 Å². The van der Waals surface area contributed by atoms with Crippen molar-refractivity contribution in [1.82, 2.24) is 24.6 Å². The summed E-state index contributed by atoms with van der Waals surface area (Å²) in [6.07, 6.45) is 5.18. The molecule has 1 aliphatic rings. The van der Waals surface area contributed by atoms with E-state index in [1.807, 2.05) is 30.5 Å². The van der Waals surface area contributed by atoms with Crippen LogP contribution in [0.2, 0.25) is 0 Å². The topological polar surface area (TPSA) is 63.9 Å². The second kappa shape index (κ2) is 5.51. The molecule has 1 fully saturated rings. The van der Waals surface area contributed by atoms with Crippen molar-refractivity contribution < 1.29 is 4.79 Å². The summed E-state index contributed by atoms with van der Waals surface area (Å²) in [4.78, 5) is 23.1. The van der Waals surface area contributed by atoms with E-state index in [1.165, 1.54) is 5.56 Å². The molecule has 0 aliphatic carbocycles. The highest BCUT2D eigenvalue weighted by molar-refractivity contribution is 5.92. The van der Waals surface area contributed by atoms with Gasteiger partial charge in [0.2, 0.25) is 0 Å². The number of amides is 1. The van der Waals surface area contributed by atoms with Crippen LogP contribution in [0.5, 0.6) is 0 Å². The highest BCUT2D eigenvalue weighted by Crippen LogP contribution is 2.36. The zero-order chi connectivity index (χ0) is 15.9. The second-order valence-corrected chi connectivity index (χ2v) is 5.91. The maximum Gasteiger partial charge on any atom is 0.274 e. The lowest BCUT2D eigenvalue weighted by atomic mass is 10.0.